The summed E-state index contributed by atoms with van der Waals surface area (Å²) in [4.78, 5) is 24.3. The smallest absolute Gasteiger partial charge is 0.325 e. The average molecular weight is 419 g/mol. The molecule has 0 unspecified atom stereocenters. The van der Waals surface area contributed by atoms with Crippen molar-refractivity contribution in [2.75, 3.05) is 5.32 Å². The first-order valence-corrected chi connectivity index (χ1v) is 9.28. The maximum atomic E-state index is 13.0. The van der Waals surface area contributed by atoms with Gasteiger partial charge in [-0.15, -0.1) is 0 Å². The summed E-state index contributed by atoms with van der Waals surface area (Å²) < 4.78 is 39.0. The summed E-state index contributed by atoms with van der Waals surface area (Å²) >= 11 is 0. The Morgan fingerprint density at radius 3 is 2.13 bits per heavy atom. The molecule has 30 heavy (non-hydrogen) atoms. The van der Waals surface area contributed by atoms with Gasteiger partial charge in [0.05, 0.1) is 17.7 Å². The molecule has 2 amide bonds. The number of benzene rings is 2. The number of halogens is 3. The van der Waals surface area contributed by atoms with Crippen molar-refractivity contribution in [1.29, 1.82) is 0 Å². The van der Waals surface area contributed by atoms with Crippen LogP contribution < -0.4 is 10.7 Å². The predicted molar refractivity (Wildman–Crippen MR) is 110 cm³/mol. The lowest BCUT2D eigenvalue weighted by atomic mass is 9.87. The number of carbonyl (C=O) groups excluding carboxylic acids is 2. The number of carbonyl (C=O) groups is 2. The summed E-state index contributed by atoms with van der Waals surface area (Å²) in [6.07, 6.45) is -4.85. The SMILES string of the molecule is C/C(CC(=O)Nc1ccccc1C(F)(F)F)=N\NC(=O)c1ccc(C(C)(C)C)cc1. The highest BCUT2D eigenvalue weighted by Crippen LogP contribution is 2.34. The van der Waals surface area contributed by atoms with E-state index in [-0.39, 0.29) is 23.2 Å². The topological polar surface area (TPSA) is 70.6 Å². The number of nitrogens with one attached hydrogen (secondary N) is 2. The fourth-order valence-corrected chi connectivity index (χ4v) is 2.64. The zero-order valence-corrected chi connectivity index (χ0v) is 17.2. The Labute approximate surface area is 173 Å². The molecule has 0 fully saturated rings. The number of hydrazone groups is 1. The van der Waals surface area contributed by atoms with E-state index in [9.17, 15) is 22.8 Å². The number of rotatable bonds is 5. The molecule has 5 nitrogen and oxygen atoms in total. The summed E-state index contributed by atoms with van der Waals surface area (Å²) in [5, 5.41) is 6.09. The van der Waals surface area contributed by atoms with Crippen LogP contribution in [0.25, 0.3) is 0 Å². The highest BCUT2D eigenvalue weighted by molar-refractivity contribution is 6.06. The van der Waals surface area contributed by atoms with Crippen molar-refractivity contribution >= 4 is 23.2 Å². The average Bonchev–Trinajstić information content (AvgIpc) is 2.65. The van der Waals surface area contributed by atoms with Crippen molar-refractivity contribution < 1.29 is 22.8 Å². The minimum Gasteiger partial charge on any atom is -0.325 e. The van der Waals surface area contributed by atoms with Crippen LogP contribution >= 0.6 is 0 Å². The largest absolute Gasteiger partial charge is 0.418 e. The molecular weight excluding hydrogens is 395 g/mol. The number of hydrogen-bond acceptors (Lipinski definition) is 3. The molecule has 0 aliphatic heterocycles. The van der Waals surface area contributed by atoms with E-state index in [1.807, 2.05) is 12.1 Å². The van der Waals surface area contributed by atoms with Crippen LogP contribution in [-0.4, -0.2) is 17.5 Å². The third-order valence-electron chi connectivity index (χ3n) is 4.28. The highest BCUT2D eigenvalue weighted by atomic mass is 19.4. The van der Waals surface area contributed by atoms with Crippen molar-refractivity contribution in [3.05, 3.63) is 65.2 Å². The Morgan fingerprint density at radius 1 is 0.967 bits per heavy atom. The Balaban J connectivity index is 1.97. The van der Waals surface area contributed by atoms with Crippen molar-refractivity contribution in [3.8, 4) is 0 Å². The van der Waals surface area contributed by atoms with Crippen molar-refractivity contribution in [1.82, 2.24) is 5.43 Å². The fourth-order valence-electron chi connectivity index (χ4n) is 2.64. The van der Waals surface area contributed by atoms with Gasteiger partial charge in [0, 0.05) is 11.3 Å². The molecule has 8 heteroatoms. The maximum absolute atomic E-state index is 13.0. The molecule has 0 saturated heterocycles. The van der Waals surface area contributed by atoms with E-state index in [2.05, 4.69) is 36.6 Å². The molecule has 2 aromatic rings. The van der Waals surface area contributed by atoms with Crippen LogP contribution in [0.3, 0.4) is 0 Å². The first-order chi connectivity index (χ1) is 13.9. The molecule has 0 radical (unpaired) electrons. The van der Waals surface area contributed by atoms with Gasteiger partial charge in [0.1, 0.15) is 0 Å². The third-order valence-corrected chi connectivity index (χ3v) is 4.28. The van der Waals surface area contributed by atoms with Gasteiger partial charge in [-0.1, -0.05) is 45.0 Å². The molecule has 0 bridgehead atoms. The molecule has 0 aromatic heterocycles. The van der Waals surface area contributed by atoms with Gasteiger partial charge in [0.25, 0.3) is 5.91 Å². The minimum absolute atomic E-state index is 0.0398. The second-order valence-corrected chi connectivity index (χ2v) is 7.88. The lowest BCUT2D eigenvalue weighted by Gasteiger charge is -2.18. The highest BCUT2D eigenvalue weighted by Gasteiger charge is 2.33. The molecule has 2 aromatic carbocycles. The van der Waals surface area contributed by atoms with Crippen molar-refractivity contribution in [2.45, 2.75) is 45.7 Å². The fraction of sp³-hybridized carbons (Fsp3) is 0.318. The van der Waals surface area contributed by atoms with Gasteiger partial charge in [0.2, 0.25) is 5.91 Å². The van der Waals surface area contributed by atoms with Gasteiger partial charge in [-0.3, -0.25) is 9.59 Å². The Hall–Kier alpha value is -3.16. The second-order valence-electron chi connectivity index (χ2n) is 7.88. The molecule has 0 aliphatic rings. The minimum atomic E-state index is -4.58. The number of anilines is 1. The number of hydrogen-bond donors (Lipinski definition) is 2. The van der Waals surface area contributed by atoms with Gasteiger partial charge in [-0.25, -0.2) is 5.43 Å². The Kier molecular flexibility index (Phi) is 7.02. The predicted octanol–water partition coefficient (Wildman–Crippen LogP) is 5.14. The van der Waals surface area contributed by atoms with Crippen LogP contribution in [0, 0.1) is 0 Å². The summed E-state index contributed by atoms with van der Waals surface area (Å²) in [6.45, 7) is 7.69. The van der Waals surface area contributed by atoms with Gasteiger partial charge in [-0.2, -0.15) is 18.3 Å². The van der Waals surface area contributed by atoms with E-state index >= 15 is 0 Å². The third kappa shape index (κ3) is 6.43. The second kappa shape index (κ2) is 9.11. The van der Waals surface area contributed by atoms with E-state index in [0.717, 1.165) is 11.6 Å². The van der Waals surface area contributed by atoms with Crippen LogP contribution in [0.4, 0.5) is 18.9 Å². The molecule has 0 saturated carbocycles. The van der Waals surface area contributed by atoms with Gasteiger partial charge < -0.3 is 5.32 Å². The monoisotopic (exact) mass is 419 g/mol. The lowest BCUT2D eigenvalue weighted by Crippen LogP contribution is -2.22. The standard InChI is InChI=1S/C22H24F3N3O2/c1-14(13-19(29)26-18-8-6-5-7-17(18)22(23,24)25)27-28-20(30)15-9-11-16(12-10-15)21(2,3)4/h5-12H,13H2,1-4H3,(H,26,29)(H,28,30)/b27-14+. The Bertz CT molecular complexity index is 943. The summed E-state index contributed by atoms with van der Waals surface area (Å²) in [6, 6.07) is 11.8. The van der Waals surface area contributed by atoms with Crippen molar-refractivity contribution in [2.24, 2.45) is 5.10 Å². The van der Waals surface area contributed by atoms with Crippen LogP contribution in [0.15, 0.2) is 53.6 Å². The molecule has 0 aliphatic carbocycles. The number of para-hydroxylation sites is 1. The zero-order chi connectivity index (χ0) is 22.5. The number of nitrogens with zero attached hydrogens (tertiary/aromatic N) is 1. The summed E-state index contributed by atoms with van der Waals surface area (Å²) in [5.41, 5.74) is 2.78. The summed E-state index contributed by atoms with van der Waals surface area (Å²) in [7, 11) is 0. The van der Waals surface area contributed by atoms with Crippen LogP contribution in [-0.2, 0) is 16.4 Å². The molecular formula is C22H24F3N3O2. The quantitative estimate of drug-likeness (QED) is 0.521. The molecule has 160 valence electrons. The van der Waals surface area contributed by atoms with Crippen LogP contribution in [0.1, 0.15) is 55.6 Å². The number of amides is 2. The Morgan fingerprint density at radius 2 is 1.57 bits per heavy atom. The van der Waals surface area contributed by atoms with E-state index in [1.54, 1.807) is 12.1 Å². The lowest BCUT2D eigenvalue weighted by molar-refractivity contribution is -0.137. The molecule has 0 atom stereocenters. The van der Waals surface area contributed by atoms with Crippen molar-refractivity contribution in [3.63, 3.8) is 0 Å². The van der Waals surface area contributed by atoms with E-state index in [0.29, 0.717) is 5.56 Å². The van der Waals surface area contributed by atoms with Crippen LogP contribution in [0.2, 0.25) is 0 Å². The van der Waals surface area contributed by atoms with Gasteiger partial charge >= 0.3 is 6.18 Å². The van der Waals surface area contributed by atoms with Gasteiger partial charge in [0.15, 0.2) is 0 Å². The van der Waals surface area contributed by atoms with E-state index in [4.69, 9.17) is 0 Å². The first kappa shape index (κ1) is 23.1. The molecule has 0 heterocycles. The van der Waals surface area contributed by atoms with E-state index < -0.39 is 23.6 Å². The molecule has 0 spiro atoms. The van der Waals surface area contributed by atoms with E-state index in [1.165, 1.54) is 25.1 Å². The van der Waals surface area contributed by atoms with Crippen LogP contribution in [0.5, 0.6) is 0 Å². The first-order valence-electron chi connectivity index (χ1n) is 9.28. The molecule has 2 N–H and O–H groups in total. The van der Waals surface area contributed by atoms with Gasteiger partial charge in [-0.05, 0) is 42.2 Å². The molecule has 2 rings (SSSR count). The number of alkyl halides is 3. The normalized spacial score (nSPS) is 12.4. The summed E-state index contributed by atoms with van der Waals surface area (Å²) in [5.74, 6) is -1.12. The zero-order valence-electron chi connectivity index (χ0n) is 17.2. The maximum Gasteiger partial charge on any atom is 0.418 e.